The third-order valence-electron chi connectivity index (χ3n) is 18.2. The minimum absolute atomic E-state index is 0.0411. The van der Waals surface area contributed by atoms with Crippen molar-refractivity contribution >= 4 is 65.6 Å². The summed E-state index contributed by atoms with van der Waals surface area (Å²) in [5.41, 5.74) is 25.9. The maximum absolute atomic E-state index is 6.74. The summed E-state index contributed by atoms with van der Waals surface area (Å²) in [5.74, 6) is 1.34. The van der Waals surface area contributed by atoms with E-state index in [4.69, 9.17) is 4.42 Å². The Morgan fingerprint density at radius 3 is 1.67 bits per heavy atom. The summed E-state index contributed by atoms with van der Waals surface area (Å²) in [6.45, 7) is 2.44. The first kappa shape index (κ1) is 43.8. The van der Waals surface area contributed by atoms with Crippen LogP contribution in [-0.4, -0.2) is 9.13 Å². The molecule has 0 saturated heterocycles. The monoisotopic (exact) mass is 996 g/mol. The van der Waals surface area contributed by atoms with E-state index in [9.17, 15) is 0 Å². The van der Waals surface area contributed by atoms with E-state index in [0.29, 0.717) is 5.92 Å². The van der Waals surface area contributed by atoms with Gasteiger partial charge in [0.1, 0.15) is 11.2 Å². The van der Waals surface area contributed by atoms with Crippen molar-refractivity contribution < 1.29 is 4.42 Å². The van der Waals surface area contributed by atoms with Crippen LogP contribution in [0.15, 0.2) is 259 Å². The van der Waals surface area contributed by atoms with Gasteiger partial charge >= 0.3 is 0 Å². The highest BCUT2D eigenvalue weighted by atomic mass is 16.3. The Balaban J connectivity index is 0.722. The molecule has 2 bridgehead atoms. The van der Waals surface area contributed by atoms with Gasteiger partial charge in [0.05, 0.1) is 22.1 Å². The van der Waals surface area contributed by atoms with Crippen LogP contribution in [0.1, 0.15) is 37.3 Å². The molecule has 3 heteroatoms. The van der Waals surface area contributed by atoms with Gasteiger partial charge in [-0.1, -0.05) is 176 Å². The van der Waals surface area contributed by atoms with Crippen molar-refractivity contribution in [3.63, 3.8) is 0 Å². The van der Waals surface area contributed by atoms with Crippen LogP contribution in [0, 0.1) is 11.8 Å². The fourth-order valence-electron chi connectivity index (χ4n) is 14.8. The zero-order valence-electron chi connectivity index (χ0n) is 43.3. The normalized spacial score (nSPS) is 17.5. The Hall–Kier alpha value is -9.44. The molecule has 0 aliphatic heterocycles. The van der Waals surface area contributed by atoms with Gasteiger partial charge in [-0.05, 0) is 183 Å². The molecule has 0 N–H and O–H groups in total. The Bertz CT molecular complexity index is 4850. The maximum Gasteiger partial charge on any atom is 0.136 e. The number of nitrogens with zero attached hydrogens (tertiary/aromatic N) is 2. The van der Waals surface area contributed by atoms with E-state index in [-0.39, 0.29) is 5.41 Å². The summed E-state index contributed by atoms with van der Waals surface area (Å²) in [5, 5.41) is 7.19. The third-order valence-corrected chi connectivity index (χ3v) is 18.2. The predicted molar refractivity (Wildman–Crippen MR) is 325 cm³/mol. The molecule has 3 aliphatic rings. The first-order valence-corrected chi connectivity index (χ1v) is 27.8. The molecular weight excluding hydrogens is 945 g/mol. The highest BCUT2D eigenvalue weighted by Gasteiger charge is 2.52. The van der Waals surface area contributed by atoms with Crippen LogP contribution in [-0.2, 0) is 5.41 Å². The molecule has 368 valence electrons. The van der Waals surface area contributed by atoms with Gasteiger partial charge in [0.2, 0.25) is 0 Å². The van der Waals surface area contributed by atoms with Gasteiger partial charge in [-0.15, -0.1) is 0 Å². The Kier molecular flexibility index (Phi) is 9.27. The zero-order valence-corrected chi connectivity index (χ0v) is 43.3. The standard InChI is InChI=1S/C75H52N2O/c1-46-36-47-38-56(37-46)75(45-47)67-19-8-5-16-59(67)60-31-26-54(42-68(60)75)55-27-32-63-66-44-58(30-35-73(66)78-74(63)43-55)77-70-21-10-7-18-62(70)65-41-53(29-34-72(65)77)52-28-33-71-64(40-52)61-17-6-9-20-69(61)76(71)57-15-11-14-51(39-57)50-24-22-49(23-25-50)48-12-3-2-4-13-48/h2-35,39-46,56H,36-38H2,1H3. The van der Waals surface area contributed by atoms with Crippen molar-refractivity contribution in [2.24, 2.45) is 11.8 Å². The summed E-state index contributed by atoms with van der Waals surface area (Å²) < 4.78 is 11.6. The second-order valence-electron chi connectivity index (χ2n) is 22.6. The van der Waals surface area contributed by atoms with Crippen LogP contribution in [0.25, 0.3) is 133 Å². The summed E-state index contributed by atoms with van der Waals surface area (Å²) in [4.78, 5) is 0. The van der Waals surface area contributed by atoms with E-state index < -0.39 is 0 Å². The second-order valence-corrected chi connectivity index (χ2v) is 22.6. The van der Waals surface area contributed by atoms with Crippen molar-refractivity contribution in [1.29, 1.82) is 0 Å². The number of rotatable bonds is 6. The number of para-hydroxylation sites is 2. The minimum atomic E-state index is -0.0411. The zero-order chi connectivity index (χ0) is 51.2. The van der Waals surface area contributed by atoms with E-state index in [0.717, 1.165) is 39.2 Å². The predicted octanol–water partition coefficient (Wildman–Crippen LogP) is 20.1. The first-order valence-electron chi connectivity index (χ1n) is 27.8. The van der Waals surface area contributed by atoms with E-state index >= 15 is 0 Å². The van der Waals surface area contributed by atoms with Crippen LogP contribution in [0.3, 0.4) is 0 Å². The molecule has 1 saturated carbocycles. The molecule has 3 nitrogen and oxygen atoms in total. The second kappa shape index (κ2) is 16.5. The number of aromatic nitrogens is 2. The van der Waals surface area contributed by atoms with Gasteiger partial charge in [-0.25, -0.2) is 0 Å². The van der Waals surface area contributed by atoms with Crippen molar-refractivity contribution in [2.75, 3.05) is 0 Å². The average molecular weight is 997 g/mol. The molecule has 3 aliphatic carbocycles. The van der Waals surface area contributed by atoms with E-state index in [1.807, 2.05) is 0 Å². The molecule has 3 heterocycles. The number of furan rings is 1. The van der Waals surface area contributed by atoms with Gasteiger partial charge in [0.15, 0.2) is 0 Å². The number of hydrogen-bond donors (Lipinski definition) is 0. The van der Waals surface area contributed by atoms with Crippen molar-refractivity contribution in [3.05, 3.63) is 265 Å². The topological polar surface area (TPSA) is 23.0 Å². The maximum atomic E-state index is 6.74. The molecule has 0 radical (unpaired) electrons. The molecule has 0 amide bonds. The lowest BCUT2D eigenvalue weighted by Gasteiger charge is -2.35. The molecule has 11 aromatic carbocycles. The summed E-state index contributed by atoms with van der Waals surface area (Å²) >= 11 is 0. The van der Waals surface area contributed by atoms with Crippen LogP contribution < -0.4 is 0 Å². The van der Waals surface area contributed by atoms with Gasteiger partial charge < -0.3 is 13.6 Å². The van der Waals surface area contributed by atoms with Crippen LogP contribution in [0.4, 0.5) is 0 Å². The van der Waals surface area contributed by atoms with E-state index in [1.165, 1.54) is 130 Å². The average Bonchev–Trinajstić information content (AvgIpc) is 4.06. The highest BCUT2D eigenvalue weighted by Crippen LogP contribution is 2.62. The van der Waals surface area contributed by atoms with Crippen LogP contribution in [0.2, 0.25) is 0 Å². The molecule has 3 unspecified atom stereocenters. The number of fused-ring (bicyclic) bond motifs is 17. The summed E-state index contributed by atoms with van der Waals surface area (Å²) in [6, 6.07) is 90.1. The van der Waals surface area contributed by atoms with Gasteiger partial charge in [0.25, 0.3) is 0 Å². The largest absolute Gasteiger partial charge is 0.456 e. The number of hydrogen-bond acceptors (Lipinski definition) is 1. The number of benzene rings is 11. The fraction of sp³-hybridized carbons (Fsp3) is 0.0933. The van der Waals surface area contributed by atoms with E-state index in [1.54, 1.807) is 5.57 Å². The smallest absolute Gasteiger partial charge is 0.136 e. The molecule has 3 aromatic heterocycles. The first-order chi connectivity index (χ1) is 38.5. The number of allylic oxidation sites excluding steroid dienone is 2. The van der Waals surface area contributed by atoms with Crippen LogP contribution in [0.5, 0.6) is 0 Å². The quantitative estimate of drug-likeness (QED) is 0.152. The minimum Gasteiger partial charge on any atom is -0.456 e. The highest BCUT2D eigenvalue weighted by molar-refractivity contribution is 6.14. The fourth-order valence-corrected chi connectivity index (χ4v) is 14.8. The molecule has 17 rings (SSSR count). The van der Waals surface area contributed by atoms with Crippen molar-refractivity contribution in [3.8, 4) is 67.0 Å². The molecule has 14 aromatic rings. The van der Waals surface area contributed by atoms with E-state index in [2.05, 4.69) is 265 Å². The SMILES string of the molecule is CC1CC2=CC3(c4ccccc4-c4ccc(-c5ccc6c(c5)oc5ccc(-n7c8ccccc8c8cc(-c9ccc%10c(c9)c9ccccc9n%10-c9cccc(-c%10ccc(-c%11ccccc%11)cc%10)c9)ccc87)cc56)cc43)C(C2)C1. The van der Waals surface area contributed by atoms with Crippen molar-refractivity contribution in [2.45, 2.75) is 31.6 Å². The van der Waals surface area contributed by atoms with Gasteiger partial charge in [0, 0.05) is 49.1 Å². The lowest BCUT2D eigenvalue weighted by atomic mass is 9.67. The molecular formula is C75H52N2O. The molecule has 1 spiro atoms. The lowest BCUT2D eigenvalue weighted by Crippen LogP contribution is -2.31. The lowest BCUT2D eigenvalue weighted by molar-refractivity contribution is 0.301. The molecule has 3 atom stereocenters. The Labute approximate surface area is 452 Å². The Morgan fingerprint density at radius 1 is 0.359 bits per heavy atom. The summed E-state index contributed by atoms with van der Waals surface area (Å²) in [6.07, 6.45) is 6.41. The van der Waals surface area contributed by atoms with Crippen molar-refractivity contribution in [1.82, 2.24) is 9.13 Å². The molecule has 1 fully saturated rings. The van der Waals surface area contributed by atoms with Gasteiger partial charge in [-0.2, -0.15) is 0 Å². The summed E-state index contributed by atoms with van der Waals surface area (Å²) in [7, 11) is 0. The third kappa shape index (κ3) is 6.39. The molecule has 78 heavy (non-hydrogen) atoms. The van der Waals surface area contributed by atoms with Gasteiger partial charge in [-0.3, -0.25) is 0 Å². The van der Waals surface area contributed by atoms with Crippen LogP contribution >= 0.6 is 0 Å². The Morgan fingerprint density at radius 2 is 0.910 bits per heavy atom.